The third-order valence-corrected chi connectivity index (χ3v) is 5.26. The van der Waals surface area contributed by atoms with Crippen LogP contribution in [0, 0.1) is 0 Å². The highest BCUT2D eigenvalue weighted by molar-refractivity contribution is 5.95. The van der Waals surface area contributed by atoms with Gasteiger partial charge in [-0.3, -0.25) is 4.79 Å². The van der Waals surface area contributed by atoms with E-state index >= 15 is 0 Å². The molecular weight excluding hydrogens is 352 g/mol. The van der Waals surface area contributed by atoms with Crippen molar-refractivity contribution in [3.8, 4) is 11.5 Å². The molecule has 0 atom stereocenters. The predicted molar refractivity (Wildman–Crippen MR) is 113 cm³/mol. The minimum absolute atomic E-state index is 0.0138. The number of hydrogen-bond acceptors (Lipinski definition) is 4. The summed E-state index contributed by atoms with van der Waals surface area (Å²) >= 11 is 0. The number of benzene rings is 2. The van der Waals surface area contributed by atoms with E-state index in [0.29, 0.717) is 30.2 Å². The Bertz CT molecular complexity index is 794. The maximum absolute atomic E-state index is 12.9. The van der Waals surface area contributed by atoms with Crippen molar-refractivity contribution in [1.82, 2.24) is 4.90 Å². The number of carbonyl (C=O) groups is 1. The Morgan fingerprint density at radius 3 is 1.86 bits per heavy atom. The van der Waals surface area contributed by atoms with Crippen LogP contribution in [0.3, 0.4) is 0 Å². The number of piperazine rings is 1. The lowest BCUT2D eigenvalue weighted by atomic mass is 9.87. The molecular formula is C23H30N2O3. The van der Waals surface area contributed by atoms with Gasteiger partial charge in [0.2, 0.25) is 0 Å². The molecule has 0 spiro atoms. The first-order valence-electron chi connectivity index (χ1n) is 9.69. The predicted octanol–water partition coefficient (Wildman–Crippen LogP) is 3.96. The number of methoxy groups -OCH3 is 2. The molecule has 1 saturated heterocycles. The van der Waals surface area contributed by atoms with Crippen LogP contribution in [0.2, 0.25) is 0 Å². The number of carbonyl (C=O) groups excluding carboxylic acids is 1. The fraction of sp³-hybridized carbons (Fsp3) is 0.435. The zero-order valence-electron chi connectivity index (χ0n) is 17.5. The van der Waals surface area contributed by atoms with Crippen molar-refractivity contribution in [3.63, 3.8) is 0 Å². The highest BCUT2D eigenvalue weighted by atomic mass is 16.5. The average Bonchev–Trinajstić information content (AvgIpc) is 2.72. The molecule has 150 valence electrons. The van der Waals surface area contributed by atoms with Gasteiger partial charge in [0.25, 0.3) is 5.91 Å². The minimum Gasteiger partial charge on any atom is -0.497 e. The Kier molecular flexibility index (Phi) is 5.82. The summed E-state index contributed by atoms with van der Waals surface area (Å²) in [5.41, 5.74) is 3.29. The molecule has 0 aromatic heterocycles. The van der Waals surface area contributed by atoms with E-state index in [4.69, 9.17) is 9.47 Å². The quantitative estimate of drug-likeness (QED) is 0.803. The number of nitrogens with zero attached hydrogens (tertiary/aromatic N) is 2. The van der Waals surface area contributed by atoms with Gasteiger partial charge in [-0.25, -0.2) is 0 Å². The number of anilines is 1. The van der Waals surface area contributed by atoms with Crippen LogP contribution < -0.4 is 14.4 Å². The van der Waals surface area contributed by atoms with Gasteiger partial charge in [-0.15, -0.1) is 0 Å². The van der Waals surface area contributed by atoms with Crippen molar-refractivity contribution >= 4 is 11.6 Å². The molecule has 0 radical (unpaired) electrons. The van der Waals surface area contributed by atoms with Crippen molar-refractivity contribution < 1.29 is 14.3 Å². The van der Waals surface area contributed by atoms with Crippen LogP contribution >= 0.6 is 0 Å². The summed E-state index contributed by atoms with van der Waals surface area (Å²) in [6.07, 6.45) is 0. The van der Waals surface area contributed by atoms with E-state index in [-0.39, 0.29) is 11.3 Å². The van der Waals surface area contributed by atoms with Crippen molar-refractivity contribution in [3.05, 3.63) is 53.6 Å². The van der Waals surface area contributed by atoms with Gasteiger partial charge < -0.3 is 19.3 Å². The molecule has 0 bridgehead atoms. The Morgan fingerprint density at radius 1 is 0.857 bits per heavy atom. The van der Waals surface area contributed by atoms with E-state index in [2.05, 4.69) is 49.9 Å². The Labute approximate surface area is 167 Å². The molecule has 1 amide bonds. The first-order chi connectivity index (χ1) is 13.3. The van der Waals surface area contributed by atoms with Crippen molar-refractivity contribution in [2.75, 3.05) is 45.3 Å². The molecule has 1 fully saturated rings. The van der Waals surface area contributed by atoms with Crippen molar-refractivity contribution in [1.29, 1.82) is 0 Å². The molecule has 1 heterocycles. The van der Waals surface area contributed by atoms with E-state index in [1.54, 1.807) is 32.4 Å². The molecule has 0 unspecified atom stereocenters. The smallest absolute Gasteiger partial charge is 0.254 e. The standard InChI is InChI=1S/C23H30N2O3/c1-23(2,3)18-6-8-19(9-7-18)24-10-12-25(13-11-24)22(26)17-14-20(27-4)16-21(15-17)28-5/h6-9,14-16H,10-13H2,1-5H3. The molecule has 1 aliphatic rings. The highest BCUT2D eigenvalue weighted by Crippen LogP contribution is 2.26. The number of amides is 1. The number of ether oxygens (including phenoxy) is 2. The zero-order valence-corrected chi connectivity index (χ0v) is 17.5. The van der Waals surface area contributed by atoms with Gasteiger partial charge in [-0.2, -0.15) is 0 Å². The first kappa shape index (κ1) is 20.1. The van der Waals surface area contributed by atoms with Gasteiger partial charge in [0, 0.05) is 43.5 Å². The largest absolute Gasteiger partial charge is 0.497 e. The van der Waals surface area contributed by atoms with Crippen molar-refractivity contribution in [2.45, 2.75) is 26.2 Å². The summed E-state index contributed by atoms with van der Waals surface area (Å²) in [6, 6.07) is 14.1. The molecule has 2 aromatic carbocycles. The van der Waals surface area contributed by atoms with Crippen molar-refractivity contribution in [2.24, 2.45) is 0 Å². The van der Waals surface area contributed by atoms with Crippen LogP contribution in [0.15, 0.2) is 42.5 Å². The zero-order chi connectivity index (χ0) is 20.3. The molecule has 0 aliphatic carbocycles. The number of hydrogen-bond donors (Lipinski definition) is 0. The van der Waals surface area contributed by atoms with Gasteiger partial charge in [-0.1, -0.05) is 32.9 Å². The molecule has 2 aromatic rings. The lowest BCUT2D eigenvalue weighted by Crippen LogP contribution is -2.48. The minimum atomic E-state index is 0.0138. The lowest BCUT2D eigenvalue weighted by molar-refractivity contribution is 0.0746. The summed E-state index contributed by atoms with van der Waals surface area (Å²) in [5.74, 6) is 1.26. The topological polar surface area (TPSA) is 42.0 Å². The molecule has 1 aliphatic heterocycles. The van der Waals surface area contributed by atoms with E-state index in [0.717, 1.165) is 13.1 Å². The van der Waals surface area contributed by atoms with Crippen LogP contribution in [0.25, 0.3) is 0 Å². The van der Waals surface area contributed by atoms with Crippen LogP contribution in [0.5, 0.6) is 11.5 Å². The molecule has 5 nitrogen and oxygen atoms in total. The first-order valence-corrected chi connectivity index (χ1v) is 9.69. The van der Waals surface area contributed by atoms with E-state index in [1.807, 2.05) is 4.90 Å². The number of rotatable bonds is 4. The van der Waals surface area contributed by atoms with Gasteiger partial charge in [0.1, 0.15) is 11.5 Å². The Balaban J connectivity index is 1.66. The molecule has 28 heavy (non-hydrogen) atoms. The van der Waals surface area contributed by atoms with Gasteiger partial charge in [0.15, 0.2) is 0 Å². The molecule has 5 heteroatoms. The van der Waals surface area contributed by atoms with Crippen LogP contribution in [-0.2, 0) is 5.41 Å². The Hall–Kier alpha value is -2.69. The second kappa shape index (κ2) is 8.13. The maximum Gasteiger partial charge on any atom is 0.254 e. The summed E-state index contributed by atoms with van der Waals surface area (Å²) in [5, 5.41) is 0. The second-order valence-electron chi connectivity index (χ2n) is 8.18. The molecule has 0 saturated carbocycles. The summed E-state index contributed by atoms with van der Waals surface area (Å²) in [6.45, 7) is 9.70. The van der Waals surface area contributed by atoms with Crippen LogP contribution in [0.1, 0.15) is 36.7 Å². The normalized spacial score (nSPS) is 14.8. The molecule has 3 rings (SSSR count). The summed E-state index contributed by atoms with van der Waals surface area (Å²) < 4.78 is 10.6. The van der Waals surface area contributed by atoms with E-state index in [9.17, 15) is 4.79 Å². The van der Waals surface area contributed by atoms with Crippen LogP contribution in [0.4, 0.5) is 5.69 Å². The van der Waals surface area contributed by atoms with E-state index in [1.165, 1.54) is 11.3 Å². The average molecular weight is 383 g/mol. The maximum atomic E-state index is 12.9. The molecule has 0 N–H and O–H groups in total. The third kappa shape index (κ3) is 4.41. The summed E-state index contributed by atoms with van der Waals surface area (Å²) in [4.78, 5) is 17.2. The Morgan fingerprint density at radius 2 is 1.39 bits per heavy atom. The van der Waals surface area contributed by atoms with E-state index < -0.39 is 0 Å². The second-order valence-corrected chi connectivity index (χ2v) is 8.18. The lowest BCUT2D eigenvalue weighted by Gasteiger charge is -2.36. The van der Waals surface area contributed by atoms with Crippen LogP contribution in [-0.4, -0.2) is 51.2 Å². The highest BCUT2D eigenvalue weighted by Gasteiger charge is 2.23. The fourth-order valence-electron chi connectivity index (χ4n) is 3.45. The van der Waals surface area contributed by atoms with Gasteiger partial charge >= 0.3 is 0 Å². The summed E-state index contributed by atoms with van der Waals surface area (Å²) in [7, 11) is 3.18. The fourth-order valence-corrected chi connectivity index (χ4v) is 3.45. The van der Waals surface area contributed by atoms with Gasteiger partial charge in [-0.05, 0) is 35.2 Å². The monoisotopic (exact) mass is 382 g/mol. The van der Waals surface area contributed by atoms with Gasteiger partial charge in [0.05, 0.1) is 14.2 Å². The third-order valence-electron chi connectivity index (χ3n) is 5.26. The SMILES string of the molecule is COc1cc(OC)cc(C(=O)N2CCN(c3ccc(C(C)(C)C)cc3)CC2)c1.